The van der Waals surface area contributed by atoms with Crippen molar-refractivity contribution in [3.8, 4) is 0 Å². The van der Waals surface area contributed by atoms with Crippen LogP contribution in [-0.2, 0) is 16.4 Å². The summed E-state index contributed by atoms with van der Waals surface area (Å²) in [5.41, 5.74) is 3.93. The van der Waals surface area contributed by atoms with Gasteiger partial charge < -0.3 is 4.90 Å². The van der Waals surface area contributed by atoms with E-state index < -0.39 is 10.0 Å². The van der Waals surface area contributed by atoms with Crippen molar-refractivity contribution in [2.45, 2.75) is 13.3 Å². The van der Waals surface area contributed by atoms with Gasteiger partial charge in [-0.05, 0) is 48.7 Å². The third-order valence-electron chi connectivity index (χ3n) is 4.28. The lowest BCUT2D eigenvalue weighted by Crippen LogP contribution is -2.29. The molecule has 0 fully saturated rings. The monoisotopic (exact) mass is 344 g/mol. The van der Waals surface area contributed by atoms with Gasteiger partial charge in [-0.15, -0.1) is 0 Å². The summed E-state index contributed by atoms with van der Waals surface area (Å²) < 4.78 is 25.2. The molecule has 1 amide bonds. The average molecular weight is 344 g/mol. The van der Waals surface area contributed by atoms with Crippen LogP contribution >= 0.6 is 0 Å². The Morgan fingerprint density at radius 1 is 1.17 bits per heavy atom. The highest BCUT2D eigenvalue weighted by molar-refractivity contribution is 7.92. The lowest BCUT2D eigenvalue weighted by Gasteiger charge is -2.20. The van der Waals surface area contributed by atoms with Crippen molar-refractivity contribution in [2.75, 3.05) is 29.1 Å². The van der Waals surface area contributed by atoms with E-state index in [1.807, 2.05) is 37.3 Å². The molecule has 24 heavy (non-hydrogen) atoms. The maximum atomic E-state index is 12.8. The Kier molecular flexibility index (Phi) is 4.09. The smallest absolute Gasteiger partial charge is 0.258 e. The topological polar surface area (TPSA) is 57.7 Å². The summed E-state index contributed by atoms with van der Waals surface area (Å²) in [7, 11) is -1.61. The van der Waals surface area contributed by atoms with Crippen LogP contribution in [0.25, 0.3) is 0 Å². The highest BCUT2D eigenvalue weighted by atomic mass is 32.2. The van der Waals surface area contributed by atoms with E-state index in [2.05, 4.69) is 0 Å². The zero-order chi connectivity index (χ0) is 17.5. The number of amides is 1. The lowest BCUT2D eigenvalue weighted by atomic mass is 10.1. The summed E-state index contributed by atoms with van der Waals surface area (Å²) in [6, 6.07) is 13.0. The van der Waals surface area contributed by atoms with Crippen LogP contribution in [0.1, 0.15) is 21.5 Å². The molecule has 0 atom stereocenters. The van der Waals surface area contributed by atoms with Gasteiger partial charge >= 0.3 is 0 Å². The molecule has 0 saturated carbocycles. The minimum absolute atomic E-state index is 0.163. The van der Waals surface area contributed by atoms with E-state index in [1.54, 1.807) is 24.1 Å². The Balaban J connectivity index is 1.95. The Morgan fingerprint density at radius 2 is 1.92 bits per heavy atom. The van der Waals surface area contributed by atoms with Crippen LogP contribution in [0.3, 0.4) is 0 Å². The number of sulfonamides is 1. The van der Waals surface area contributed by atoms with E-state index >= 15 is 0 Å². The second-order valence-corrected chi connectivity index (χ2v) is 8.04. The lowest BCUT2D eigenvalue weighted by molar-refractivity contribution is 0.0993. The number of rotatable bonds is 3. The van der Waals surface area contributed by atoms with Gasteiger partial charge in [0.25, 0.3) is 5.91 Å². The second kappa shape index (κ2) is 5.94. The first-order valence-corrected chi connectivity index (χ1v) is 9.57. The molecule has 3 rings (SSSR count). The van der Waals surface area contributed by atoms with Crippen LogP contribution in [0.15, 0.2) is 42.5 Å². The molecule has 0 aromatic heterocycles. The van der Waals surface area contributed by atoms with Gasteiger partial charge in [-0.25, -0.2) is 8.42 Å². The Morgan fingerprint density at radius 3 is 2.58 bits per heavy atom. The predicted octanol–water partition coefficient (Wildman–Crippen LogP) is 2.59. The first-order valence-electron chi connectivity index (χ1n) is 7.73. The molecule has 6 heteroatoms. The summed E-state index contributed by atoms with van der Waals surface area (Å²) in [6.07, 6.45) is 1.86. The Bertz CT molecular complexity index is 906. The number of fused-ring (bicyclic) bond motifs is 1. The molecule has 0 radical (unpaired) electrons. The number of aryl methyl sites for hydroxylation is 1. The molecule has 126 valence electrons. The molecule has 1 heterocycles. The summed E-state index contributed by atoms with van der Waals surface area (Å²) in [4.78, 5) is 14.3. The first kappa shape index (κ1) is 16.5. The Hall–Kier alpha value is -2.34. The number of anilines is 2. The molecule has 0 bridgehead atoms. The molecule has 2 aromatic rings. The average Bonchev–Trinajstić information content (AvgIpc) is 2.96. The van der Waals surface area contributed by atoms with E-state index in [1.165, 1.54) is 10.6 Å². The summed E-state index contributed by atoms with van der Waals surface area (Å²) in [5, 5.41) is 0. The largest absolute Gasteiger partial charge is 0.311 e. The van der Waals surface area contributed by atoms with Crippen LogP contribution in [0, 0.1) is 6.92 Å². The van der Waals surface area contributed by atoms with Crippen molar-refractivity contribution in [3.63, 3.8) is 0 Å². The highest BCUT2D eigenvalue weighted by Gasteiger charge is 2.27. The van der Waals surface area contributed by atoms with Gasteiger partial charge in [-0.1, -0.05) is 18.2 Å². The van der Waals surface area contributed by atoms with Crippen LogP contribution in [0.4, 0.5) is 11.4 Å². The molecule has 0 saturated heterocycles. The van der Waals surface area contributed by atoms with E-state index in [0.717, 1.165) is 16.8 Å². The van der Waals surface area contributed by atoms with Crippen LogP contribution in [0.2, 0.25) is 0 Å². The molecule has 5 nitrogen and oxygen atoms in total. The van der Waals surface area contributed by atoms with E-state index in [0.29, 0.717) is 24.2 Å². The molecular formula is C18H20N2O3S. The third kappa shape index (κ3) is 3.01. The fourth-order valence-electron chi connectivity index (χ4n) is 2.97. The van der Waals surface area contributed by atoms with Crippen molar-refractivity contribution in [3.05, 3.63) is 59.2 Å². The molecular weight excluding hydrogens is 324 g/mol. The van der Waals surface area contributed by atoms with Gasteiger partial charge in [-0.2, -0.15) is 0 Å². The third-order valence-corrected chi connectivity index (χ3v) is 5.46. The van der Waals surface area contributed by atoms with Crippen LogP contribution < -0.4 is 9.21 Å². The second-order valence-electron chi connectivity index (χ2n) is 6.13. The normalized spacial score (nSPS) is 13.7. The van der Waals surface area contributed by atoms with Crippen LogP contribution in [0.5, 0.6) is 0 Å². The van der Waals surface area contributed by atoms with Gasteiger partial charge in [0, 0.05) is 24.8 Å². The minimum Gasteiger partial charge on any atom is -0.311 e. The van der Waals surface area contributed by atoms with Gasteiger partial charge in [0.2, 0.25) is 10.0 Å². The maximum Gasteiger partial charge on any atom is 0.258 e. The van der Waals surface area contributed by atoms with Crippen molar-refractivity contribution in [1.82, 2.24) is 0 Å². The minimum atomic E-state index is -3.33. The standard InChI is InChI=1S/C18H20N2O3S/c1-13-5-4-6-16(11-13)19(2)18(21)15-8-7-14-9-10-20(17(14)12-15)24(3,22)23/h4-8,11-12H,9-10H2,1-3H3. The predicted molar refractivity (Wildman–Crippen MR) is 96.2 cm³/mol. The summed E-state index contributed by atoms with van der Waals surface area (Å²) >= 11 is 0. The molecule has 0 spiro atoms. The van der Waals surface area contributed by atoms with E-state index in [-0.39, 0.29) is 5.91 Å². The van der Waals surface area contributed by atoms with E-state index in [9.17, 15) is 13.2 Å². The Labute approximate surface area is 142 Å². The summed E-state index contributed by atoms with van der Waals surface area (Å²) in [6.45, 7) is 2.40. The summed E-state index contributed by atoms with van der Waals surface area (Å²) in [5.74, 6) is -0.163. The highest BCUT2D eigenvalue weighted by Crippen LogP contribution is 2.31. The molecule has 0 unspecified atom stereocenters. The van der Waals surface area contributed by atoms with Gasteiger partial charge in [-0.3, -0.25) is 9.10 Å². The molecule has 1 aliphatic rings. The maximum absolute atomic E-state index is 12.8. The van der Waals surface area contributed by atoms with Gasteiger partial charge in [0.05, 0.1) is 11.9 Å². The number of nitrogens with zero attached hydrogens (tertiary/aromatic N) is 2. The molecule has 2 aromatic carbocycles. The van der Waals surface area contributed by atoms with Crippen molar-refractivity contribution >= 4 is 27.3 Å². The van der Waals surface area contributed by atoms with Crippen LogP contribution in [-0.4, -0.2) is 34.2 Å². The number of hydrogen-bond acceptors (Lipinski definition) is 3. The molecule has 1 aliphatic heterocycles. The van der Waals surface area contributed by atoms with Crippen molar-refractivity contribution < 1.29 is 13.2 Å². The fourth-order valence-corrected chi connectivity index (χ4v) is 3.93. The van der Waals surface area contributed by atoms with Gasteiger partial charge in [0.15, 0.2) is 0 Å². The zero-order valence-corrected chi connectivity index (χ0v) is 14.8. The SMILES string of the molecule is Cc1cccc(N(C)C(=O)c2ccc3c(c2)N(S(C)(=O)=O)CC3)c1. The molecule has 0 aliphatic carbocycles. The molecule has 0 N–H and O–H groups in total. The zero-order valence-electron chi connectivity index (χ0n) is 14.0. The van der Waals surface area contributed by atoms with Gasteiger partial charge in [0.1, 0.15) is 0 Å². The number of benzene rings is 2. The quantitative estimate of drug-likeness (QED) is 0.860. The number of carbonyl (C=O) groups is 1. The first-order chi connectivity index (χ1) is 11.3. The number of hydrogen-bond donors (Lipinski definition) is 0. The number of carbonyl (C=O) groups excluding carboxylic acids is 1. The van der Waals surface area contributed by atoms with Crippen molar-refractivity contribution in [1.29, 1.82) is 0 Å². The fraction of sp³-hybridized carbons (Fsp3) is 0.278. The van der Waals surface area contributed by atoms with Crippen molar-refractivity contribution in [2.24, 2.45) is 0 Å². The van der Waals surface area contributed by atoms with E-state index in [4.69, 9.17) is 0 Å².